The highest BCUT2D eigenvalue weighted by Crippen LogP contribution is 2.28. The maximum absolute atomic E-state index is 12.0. The average molecular weight is 280 g/mol. The summed E-state index contributed by atoms with van der Waals surface area (Å²) in [6.07, 6.45) is 3.59. The van der Waals surface area contributed by atoms with Gasteiger partial charge < -0.3 is 10.3 Å². The van der Waals surface area contributed by atoms with Gasteiger partial charge in [0.1, 0.15) is 5.82 Å². The van der Waals surface area contributed by atoms with E-state index in [1.54, 1.807) is 23.2 Å². The molecule has 0 saturated heterocycles. The number of pyridine rings is 1. The van der Waals surface area contributed by atoms with Gasteiger partial charge in [0.2, 0.25) is 5.91 Å². The Kier molecular flexibility index (Phi) is 3.10. The molecule has 2 N–H and O–H groups in total. The number of nitrogens with two attached hydrogens (primary N) is 1. The zero-order valence-corrected chi connectivity index (χ0v) is 11.9. The normalized spacial score (nSPS) is 10.8. The van der Waals surface area contributed by atoms with Gasteiger partial charge in [-0.1, -0.05) is 0 Å². The molecular formula is C16H16N4O. The van der Waals surface area contributed by atoms with E-state index in [-0.39, 0.29) is 5.91 Å². The van der Waals surface area contributed by atoms with Crippen molar-refractivity contribution < 1.29 is 4.79 Å². The van der Waals surface area contributed by atoms with Crippen LogP contribution in [0.25, 0.3) is 10.9 Å². The molecule has 2 heterocycles. The zero-order valence-electron chi connectivity index (χ0n) is 11.9. The van der Waals surface area contributed by atoms with E-state index in [4.69, 9.17) is 5.73 Å². The summed E-state index contributed by atoms with van der Waals surface area (Å²) in [5.41, 5.74) is 8.25. The summed E-state index contributed by atoms with van der Waals surface area (Å²) in [6, 6.07) is 11.3. The molecule has 5 heteroatoms. The van der Waals surface area contributed by atoms with E-state index >= 15 is 0 Å². The highest BCUT2D eigenvalue weighted by atomic mass is 16.2. The topological polar surface area (TPSA) is 64.2 Å². The average Bonchev–Trinajstić information content (AvgIpc) is 2.80. The number of nitrogens with zero attached hydrogens (tertiary/aromatic N) is 3. The van der Waals surface area contributed by atoms with Gasteiger partial charge in [0.25, 0.3) is 0 Å². The van der Waals surface area contributed by atoms with Crippen LogP contribution in [0, 0.1) is 0 Å². The molecule has 1 amide bonds. The molecule has 0 saturated carbocycles. The minimum Gasteiger partial charge on any atom is -0.399 e. The minimum absolute atomic E-state index is 0.108. The van der Waals surface area contributed by atoms with Crippen LogP contribution < -0.4 is 10.6 Å². The van der Waals surface area contributed by atoms with Crippen molar-refractivity contribution in [1.29, 1.82) is 0 Å². The number of rotatable bonds is 2. The summed E-state index contributed by atoms with van der Waals surface area (Å²) in [5.74, 6) is 0.418. The number of amides is 1. The highest BCUT2D eigenvalue weighted by molar-refractivity contribution is 6.00. The lowest BCUT2D eigenvalue weighted by molar-refractivity contribution is -0.115. The van der Waals surface area contributed by atoms with Crippen LogP contribution in [0.2, 0.25) is 0 Å². The van der Waals surface area contributed by atoms with Gasteiger partial charge >= 0.3 is 0 Å². The second-order valence-electron chi connectivity index (χ2n) is 4.97. The minimum atomic E-state index is -0.108. The lowest BCUT2D eigenvalue weighted by Crippen LogP contribution is -2.23. The van der Waals surface area contributed by atoms with Crippen LogP contribution in [0.4, 0.5) is 17.2 Å². The van der Waals surface area contributed by atoms with Crippen LogP contribution in [0.1, 0.15) is 6.92 Å². The number of hydrogen-bond donors (Lipinski definition) is 1. The van der Waals surface area contributed by atoms with E-state index in [0.717, 1.165) is 16.6 Å². The van der Waals surface area contributed by atoms with Crippen molar-refractivity contribution in [3.8, 4) is 0 Å². The van der Waals surface area contributed by atoms with Crippen LogP contribution in [-0.2, 0) is 11.8 Å². The highest BCUT2D eigenvalue weighted by Gasteiger charge is 2.16. The third-order valence-electron chi connectivity index (χ3n) is 3.44. The SMILES string of the molecule is CC(=O)N(c1ccc2c(ccn2C)c1)c1cc(N)ccn1. The quantitative estimate of drug-likeness (QED) is 0.785. The second kappa shape index (κ2) is 4.94. The number of benzene rings is 1. The van der Waals surface area contributed by atoms with E-state index < -0.39 is 0 Å². The fraction of sp³-hybridized carbons (Fsp3) is 0.125. The van der Waals surface area contributed by atoms with Crippen molar-refractivity contribution in [2.75, 3.05) is 10.6 Å². The van der Waals surface area contributed by atoms with Gasteiger partial charge in [-0.25, -0.2) is 4.98 Å². The lowest BCUT2D eigenvalue weighted by Gasteiger charge is -2.20. The van der Waals surface area contributed by atoms with E-state index in [1.807, 2.05) is 42.1 Å². The zero-order chi connectivity index (χ0) is 15.0. The van der Waals surface area contributed by atoms with Crippen molar-refractivity contribution >= 4 is 34.0 Å². The van der Waals surface area contributed by atoms with E-state index in [9.17, 15) is 4.79 Å². The number of aryl methyl sites for hydroxylation is 1. The number of nitrogen functional groups attached to an aromatic ring is 1. The first-order valence-corrected chi connectivity index (χ1v) is 6.63. The number of carbonyl (C=O) groups excluding carboxylic acids is 1. The molecule has 0 unspecified atom stereocenters. The van der Waals surface area contributed by atoms with Gasteiger partial charge in [-0.2, -0.15) is 0 Å². The molecule has 5 nitrogen and oxygen atoms in total. The molecule has 0 fully saturated rings. The van der Waals surface area contributed by atoms with Gasteiger partial charge in [-0.05, 0) is 30.3 Å². The van der Waals surface area contributed by atoms with Gasteiger partial charge in [0.15, 0.2) is 0 Å². The van der Waals surface area contributed by atoms with Crippen LogP contribution in [-0.4, -0.2) is 15.5 Å². The first kappa shape index (κ1) is 13.2. The Labute approximate surface area is 122 Å². The fourth-order valence-corrected chi connectivity index (χ4v) is 2.44. The first-order valence-electron chi connectivity index (χ1n) is 6.63. The third-order valence-corrected chi connectivity index (χ3v) is 3.44. The predicted molar refractivity (Wildman–Crippen MR) is 84.4 cm³/mol. The molecule has 21 heavy (non-hydrogen) atoms. The van der Waals surface area contributed by atoms with Crippen molar-refractivity contribution in [1.82, 2.24) is 9.55 Å². The molecule has 2 aromatic heterocycles. The number of aromatic nitrogens is 2. The summed E-state index contributed by atoms with van der Waals surface area (Å²) < 4.78 is 2.04. The van der Waals surface area contributed by atoms with Crippen molar-refractivity contribution in [3.63, 3.8) is 0 Å². The smallest absolute Gasteiger partial charge is 0.229 e. The Morgan fingerprint density at radius 3 is 2.76 bits per heavy atom. The summed E-state index contributed by atoms with van der Waals surface area (Å²) in [6.45, 7) is 1.51. The van der Waals surface area contributed by atoms with E-state index in [0.29, 0.717) is 11.5 Å². The van der Waals surface area contributed by atoms with Crippen LogP contribution in [0.15, 0.2) is 48.8 Å². The number of fused-ring (bicyclic) bond motifs is 1. The molecule has 3 rings (SSSR count). The molecule has 0 aliphatic rings. The summed E-state index contributed by atoms with van der Waals surface area (Å²) in [5, 5.41) is 1.07. The molecule has 1 aromatic carbocycles. The summed E-state index contributed by atoms with van der Waals surface area (Å²) >= 11 is 0. The molecule has 3 aromatic rings. The standard InChI is InChI=1S/C16H16N4O/c1-11(21)20(16-10-13(17)5-7-18-16)14-3-4-15-12(9-14)6-8-19(15)2/h3-10H,1-2H3,(H2,17,18). The maximum atomic E-state index is 12.0. The largest absolute Gasteiger partial charge is 0.399 e. The molecule has 0 spiro atoms. The fourth-order valence-electron chi connectivity index (χ4n) is 2.44. The lowest BCUT2D eigenvalue weighted by atomic mass is 10.2. The molecule has 0 radical (unpaired) electrons. The molecular weight excluding hydrogens is 264 g/mol. The van der Waals surface area contributed by atoms with Crippen molar-refractivity contribution in [3.05, 3.63) is 48.8 Å². The Hall–Kier alpha value is -2.82. The molecule has 0 bridgehead atoms. The van der Waals surface area contributed by atoms with Crippen molar-refractivity contribution in [2.45, 2.75) is 6.92 Å². The van der Waals surface area contributed by atoms with E-state index in [1.165, 1.54) is 6.92 Å². The Bertz CT molecular complexity index is 822. The van der Waals surface area contributed by atoms with Gasteiger partial charge in [-0.15, -0.1) is 0 Å². The Balaban J connectivity index is 2.13. The molecule has 0 atom stereocenters. The predicted octanol–water partition coefficient (Wildman–Crippen LogP) is 2.84. The van der Waals surface area contributed by atoms with E-state index in [2.05, 4.69) is 4.98 Å². The van der Waals surface area contributed by atoms with Crippen LogP contribution in [0.3, 0.4) is 0 Å². The van der Waals surface area contributed by atoms with Gasteiger partial charge in [0, 0.05) is 49.0 Å². The Morgan fingerprint density at radius 1 is 1.24 bits per heavy atom. The van der Waals surface area contributed by atoms with Gasteiger partial charge in [-0.3, -0.25) is 9.69 Å². The molecule has 0 aliphatic carbocycles. The van der Waals surface area contributed by atoms with Crippen molar-refractivity contribution in [2.24, 2.45) is 7.05 Å². The second-order valence-corrected chi connectivity index (χ2v) is 4.97. The Morgan fingerprint density at radius 2 is 2.05 bits per heavy atom. The number of carbonyl (C=O) groups is 1. The number of hydrogen-bond acceptors (Lipinski definition) is 3. The maximum Gasteiger partial charge on any atom is 0.229 e. The van der Waals surface area contributed by atoms with Crippen LogP contribution >= 0.6 is 0 Å². The molecule has 106 valence electrons. The summed E-state index contributed by atoms with van der Waals surface area (Å²) in [4.78, 5) is 17.8. The molecule has 0 aliphatic heterocycles. The first-order chi connectivity index (χ1) is 10.1. The van der Waals surface area contributed by atoms with Gasteiger partial charge in [0.05, 0.1) is 5.69 Å². The number of anilines is 3. The van der Waals surface area contributed by atoms with Crippen LogP contribution in [0.5, 0.6) is 0 Å². The summed E-state index contributed by atoms with van der Waals surface area (Å²) in [7, 11) is 1.99. The third kappa shape index (κ3) is 2.33. The monoisotopic (exact) mass is 280 g/mol.